The highest BCUT2D eigenvalue weighted by Gasteiger charge is 2.53. The number of hydrogen-bond acceptors (Lipinski definition) is 3. The Bertz CT molecular complexity index is 387. The van der Waals surface area contributed by atoms with Gasteiger partial charge < -0.3 is 19.7 Å². The van der Waals surface area contributed by atoms with Crippen LogP contribution in [0.4, 0.5) is 0 Å². The number of nitrogens with zero attached hydrogens (tertiary/aromatic N) is 2. The molecular weight excluding hydrogens is 278 g/mol. The fraction of sp³-hybridized carbons (Fsp3) is 0.941. The maximum atomic E-state index is 5.69. The average Bonchev–Trinajstić information content (AvgIpc) is 2.98. The molecule has 2 rings (SSSR count). The summed E-state index contributed by atoms with van der Waals surface area (Å²) in [4.78, 5) is 6.78. The summed E-state index contributed by atoms with van der Waals surface area (Å²) in [5.41, 5.74) is 0.472. The molecule has 1 N–H and O–H groups in total. The Labute approximate surface area is 135 Å². The quantitative estimate of drug-likeness (QED) is 0.464. The van der Waals surface area contributed by atoms with Crippen LogP contribution in [0.1, 0.15) is 47.0 Å². The molecule has 0 aromatic carbocycles. The highest BCUT2D eigenvalue weighted by atomic mass is 16.5. The van der Waals surface area contributed by atoms with E-state index in [4.69, 9.17) is 9.47 Å². The van der Waals surface area contributed by atoms with Crippen molar-refractivity contribution in [2.75, 3.05) is 40.0 Å². The molecule has 0 aromatic rings. The number of rotatable bonds is 6. The van der Waals surface area contributed by atoms with Gasteiger partial charge in [0.2, 0.25) is 0 Å². The fourth-order valence-corrected chi connectivity index (χ4v) is 3.06. The number of hydrogen-bond donors (Lipinski definition) is 1. The molecule has 0 spiro atoms. The van der Waals surface area contributed by atoms with Gasteiger partial charge in [-0.3, -0.25) is 4.99 Å². The van der Waals surface area contributed by atoms with Crippen LogP contribution in [0, 0.1) is 5.41 Å². The van der Waals surface area contributed by atoms with Gasteiger partial charge in [-0.05, 0) is 33.1 Å². The summed E-state index contributed by atoms with van der Waals surface area (Å²) in [5.74, 6) is 1.00. The summed E-state index contributed by atoms with van der Waals surface area (Å²) in [6, 6.07) is 0. The van der Waals surface area contributed by atoms with E-state index in [0.717, 1.165) is 51.7 Å². The lowest BCUT2D eigenvalue weighted by Gasteiger charge is -2.62. The lowest BCUT2D eigenvalue weighted by Crippen LogP contribution is -2.72. The molecule has 1 atom stereocenters. The summed E-state index contributed by atoms with van der Waals surface area (Å²) in [5, 5.41) is 3.46. The summed E-state index contributed by atoms with van der Waals surface area (Å²) < 4.78 is 11.2. The van der Waals surface area contributed by atoms with Gasteiger partial charge in [-0.2, -0.15) is 0 Å². The smallest absolute Gasteiger partial charge is 0.194 e. The van der Waals surface area contributed by atoms with Crippen molar-refractivity contribution in [1.29, 1.82) is 0 Å². The lowest BCUT2D eigenvalue weighted by molar-refractivity contribution is -0.0667. The second kappa shape index (κ2) is 7.18. The second-order valence-corrected chi connectivity index (χ2v) is 7.57. The maximum absolute atomic E-state index is 5.69. The minimum absolute atomic E-state index is 0.144. The molecule has 128 valence electrons. The molecule has 0 amide bonds. The van der Waals surface area contributed by atoms with Crippen LogP contribution in [-0.4, -0.2) is 62.5 Å². The number of likely N-dealkylation sites (tertiary alicyclic amines) is 1. The molecule has 0 saturated carbocycles. The zero-order chi connectivity index (χ0) is 16.2. The van der Waals surface area contributed by atoms with Gasteiger partial charge in [-0.15, -0.1) is 0 Å². The van der Waals surface area contributed by atoms with Crippen molar-refractivity contribution in [1.82, 2.24) is 10.2 Å². The van der Waals surface area contributed by atoms with E-state index < -0.39 is 0 Å². The Balaban J connectivity index is 1.61. The monoisotopic (exact) mass is 311 g/mol. The molecule has 2 aliphatic heterocycles. The fourth-order valence-electron chi connectivity index (χ4n) is 3.06. The van der Waals surface area contributed by atoms with Gasteiger partial charge in [-0.1, -0.05) is 13.8 Å². The topological polar surface area (TPSA) is 46.1 Å². The second-order valence-electron chi connectivity index (χ2n) is 7.57. The molecule has 22 heavy (non-hydrogen) atoms. The highest BCUT2D eigenvalue weighted by Crippen LogP contribution is 2.46. The van der Waals surface area contributed by atoms with E-state index in [1.165, 1.54) is 6.42 Å². The number of nitrogens with one attached hydrogen (secondary N) is 1. The van der Waals surface area contributed by atoms with Gasteiger partial charge in [0, 0.05) is 44.3 Å². The molecule has 5 nitrogen and oxygen atoms in total. The van der Waals surface area contributed by atoms with E-state index in [1.807, 2.05) is 7.05 Å². The first-order valence-electron chi connectivity index (χ1n) is 8.56. The van der Waals surface area contributed by atoms with Crippen molar-refractivity contribution >= 4 is 5.96 Å². The molecule has 0 aliphatic carbocycles. The molecule has 2 fully saturated rings. The minimum Gasteiger partial charge on any atom is -0.379 e. The van der Waals surface area contributed by atoms with Crippen molar-refractivity contribution in [3.63, 3.8) is 0 Å². The van der Waals surface area contributed by atoms with Crippen LogP contribution in [-0.2, 0) is 9.47 Å². The number of guanidine groups is 1. The number of aliphatic imine (C=N–C) groups is 1. The van der Waals surface area contributed by atoms with Gasteiger partial charge >= 0.3 is 0 Å². The van der Waals surface area contributed by atoms with Gasteiger partial charge in [-0.25, -0.2) is 0 Å². The predicted molar refractivity (Wildman–Crippen MR) is 90.3 cm³/mol. The lowest BCUT2D eigenvalue weighted by atomic mass is 9.65. The Morgan fingerprint density at radius 1 is 1.36 bits per heavy atom. The third-order valence-corrected chi connectivity index (χ3v) is 5.43. The third-order valence-electron chi connectivity index (χ3n) is 5.43. The van der Waals surface area contributed by atoms with Gasteiger partial charge in [0.05, 0.1) is 12.7 Å². The normalized spacial score (nSPS) is 26.9. The van der Waals surface area contributed by atoms with E-state index in [2.05, 4.69) is 42.9 Å². The molecule has 2 heterocycles. The van der Waals surface area contributed by atoms with E-state index in [-0.39, 0.29) is 5.54 Å². The SMILES string of the molecule is CN=C(NCCCOCC1CCCO1)N1CC(C)(C)C1(C)C. The largest absolute Gasteiger partial charge is 0.379 e. The van der Waals surface area contributed by atoms with Crippen molar-refractivity contribution < 1.29 is 9.47 Å². The molecule has 0 aromatic heterocycles. The maximum Gasteiger partial charge on any atom is 0.194 e. The van der Waals surface area contributed by atoms with E-state index >= 15 is 0 Å². The molecule has 0 radical (unpaired) electrons. The van der Waals surface area contributed by atoms with Crippen LogP contribution < -0.4 is 5.32 Å². The zero-order valence-electron chi connectivity index (χ0n) is 14.9. The van der Waals surface area contributed by atoms with Gasteiger partial charge in [0.25, 0.3) is 0 Å². The zero-order valence-corrected chi connectivity index (χ0v) is 14.9. The van der Waals surface area contributed by atoms with Crippen LogP contribution in [0.15, 0.2) is 4.99 Å². The molecule has 2 aliphatic rings. The molecule has 1 unspecified atom stereocenters. The molecular formula is C17H33N3O2. The van der Waals surface area contributed by atoms with Crippen LogP contribution in [0.5, 0.6) is 0 Å². The molecule has 0 bridgehead atoms. The van der Waals surface area contributed by atoms with Crippen molar-refractivity contribution in [3.05, 3.63) is 0 Å². The van der Waals surface area contributed by atoms with Gasteiger partial charge in [0.1, 0.15) is 0 Å². The van der Waals surface area contributed by atoms with E-state index in [0.29, 0.717) is 11.5 Å². The van der Waals surface area contributed by atoms with Crippen LogP contribution in [0.2, 0.25) is 0 Å². The van der Waals surface area contributed by atoms with Crippen molar-refractivity contribution in [3.8, 4) is 0 Å². The van der Waals surface area contributed by atoms with Crippen LogP contribution in [0.25, 0.3) is 0 Å². The Hall–Kier alpha value is -0.810. The average molecular weight is 311 g/mol. The first-order valence-corrected chi connectivity index (χ1v) is 8.56. The first-order chi connectivity index (χ1) is 10.4. The Morgan fingerprint density at radius 3 is 2.68 bits per heavy atom. The Morgan fingerprint density at radius 2 is 2.14 bits per heavy atom. The highest BCUT2D eigenvalue weighted by molar-refractivity contribution is 5.81. The van der Waals surface area contributed by atoms with Crippen molar-refractivity contribution in [2.24, 2.45) is 10.4 Å². The number of ether oxygens (including phenoxy) is 2. The predicted octanol–water partition coefficient (Wildman–Crippen LogP) is 2.27. The van der Waals surface area contributed by atoms with Gasteiger partial charge in [0.15, 0.2) is 5.96 Å². The standard InChI is InChI=1S/C17H33N3O2/c1-16(2)13-20(17(16,3)4)15(18-5)19-9-7-10-21-12-14-8-6-11-22-14/h14H,6-13H2,1-5H3,(H,18,19). The van der Waals surface area contributed by atoms with Crippen LogP contribution >= 0.6 is 0 Å². The van der Waals surface area contributed by atoms with E-state index in [9.17, 15) is 0 Å². The van der Waals surface area contributed by atoms with E-state index in [1.54, 1.807) is 0 Å². The third kappa shape index (κ3) is 3.74. The Kier molecular flexibility index (Phi) is 5.72. The molecule has 2 saturated heterocycles. The summed E-state index contributed by atoms with van der Waals surface area (Å²) in [7, 11) is 1.86. The first kappa shape index (κ1) is 17.5. The van der Waals surface area contributed by atoms with Crippen molar-refractivity contribution in [2.45, 2.75) is 58.6 Å². The van der Waals surface area contributed by atoms with Crippen LogP contribution in [0.3, 0.4) is 0 Å². The summed E-state index contributed by atoms with van der Waals surface area (Å²) >= 11 is 0. The summed E-state index contributed by atoms with van der Waals surface area (Å²) in [6.07, 6.45) is 3.63. The minimum atomic E-state index is 0.144. The molecule has 5 heteroatoms. The summed E-state index contributed by atoms with van der Waals surface area (Å²) in [6.45, 7) is 13.6.